The van der Waals surface area contributed by atoms with Crippen LogP contribution in [0.3, 0.4) is 0 Å². The predicted molar refractivity (Wildman–Crippen MR) is 270 cm³/mol. The van der Waals surface area contributed by atoms with Gasteiger partial charge >= 0.3 is 25.7 Å². The van der Waals surface area contributed by atoms with Crippen LogP contribution in [0.5, 0.6) is 0 Å². The molecule has 0 aliphatic rings. The van der Waals surface area contributed by atoms with Crippen molar-refractivity contribution in [2.24, 2.45) is 0 Å². The molecule has 0 aromatic rings. The van der Waals surface area contributed by atoms with Crippen LogP contribution in [0.1, 0.15) is 226 Å². The molecule has 0 aliphatic heterocycles. The number of phosphoric acid groups is 1. The third-order valence-corrected chi connectivity index (χ3v) is 11.9. The number of esters is 3. The van der Waals surface area contributed by atoms with Crippen molar-refractivity contribution >= 4 is 25.7 Å². The van der Waals surface area contributed by atoms with E-state index in [4.69, 9.17) is 23.3 Å². The Kier molecular flexibility index (Phi) is 46.6. The fourth-order valence-electron chi connectivity index (χ4n) is 6.94. The standard InChI is InChI=1S/C54H95O11P/c1-4-7-10-13-16-19-22-24-25-27-30-33-36-39-42-45-54(58)65-51(47-61-52(56)43-40-37-34-31-29-26-23-20-17-14-11-8-5-2)49-63-66(59,60)62-48-50(46-55)64-53(57)44-41-38-35-32-28-21-18-15-12-9-6-3/h8,11,15,17-18,20,26,29,34,37,50-51,55H,4-7,9-10,12-14,16,19,21-25,27-28,30-33,35-36,38-49H2,1-3H3,(H,59,60)/b11-8-,18-15-,20-17-,29-26-,37-34-. The first-order chi connectivity index (χ1) is 32.2. The smallest absolute Gasteiger partial charge is 0.462 e. The minimum absolute atomic E-state index is 0.106. The van der Waals surface area contributed by atoms with E-state index in [9.17, 15) is 28.9 Å². The Morgan fingerprint density at radius 2 is 0.833 bits per heavy atom. The summed E-state index contributed by atoms with van der Waals surface area (Å²) in [5.74, 6) is -1.57. The van der Waals surface area contributed by atoms with E-state index >= 15 is 0 Å². The number of ether oxygens (including phenoxy) is 3. The molecular formula is C54H95O11P. The molecule has 0 aliphatic carbocycles. The Hall–Kier alpha value is -2.82. The Balaban J connectivity index is 4.81. The average molecular weight is 951 g/mol. The van der Waals surface area contributed by atoms with Crippen molar-refractivity contribution < 1.29 is 52.2 Å². The molecule has 0 aromatic carbocycles. The van der Waals surface area contributed by atoms with E-state index in [0.717, 1.165) is 83.5 Å². The molecule has 66 heavy (non-hydrogen) atoms. The van der Waals surface area contributed by atoms with Gasteiger partial charge in [0, 0.05) is 19.3 Å². The van der Waals surface area contributed by atoms with Crippen molar-refractivity contribution in [3.63, 3.8) is 0 Å². The maximum absolute atomic E-state index is 12.8. The molecule has 0 saturated heterocycles. The summed E-state index contributed by atoms with van der Waals surface area (Å²) in [6.45, 7) is 4.39. The number of allylic oxidation sites excluding steroid dienone is 10. The summed E-state index contributed by atoms with van der Waals surface area (Å²) in [6, 6.07) is 0. The largest absolute Gasteiger partial charge is 0.472 e. The van der Waals surface area contributed by atoms with Gasteiger partial charge in [0.15, 0.2) is 6.10 Å². The Morgan fingerprint density at radius 1 is 0.439 bits per heavy atom. The highest BCUT2D eigenvalue weighted by Gasteiger charge is 2.28. The summed E-state index contributed by atoms with van der Waals surface area (Å²) in [4.78, 5) is 48.2. The van der Waals surface area contributed by atoms with E-state index in [-0.39, 0.29) is 25.9 Å². The molecule has 11 nitrogen and oxygen atoms in total. The molecule has 0 fully saturated rings. The molecule has 12 heteroatoms. The normalized spacial score (nSPS) is 14.0. The van der Waals surface area contributed by atoms with Gasteiger partial charge in [-0.15, -0.1) is 0 Å². The monoisotopic (exact) mass is 951 g/mol. The lowest BCUT2D eigenvalue weighted by atomic mass is 10.0. The molecule has 0 rings (SSSR count). The van der Waals surface area contributed by atoms with Gasteiger partial charge in [-0.05, 0) is 64.2 Å². The van der Waals surface area contributed by atoms with Crippen molar-refractivity contribution in [1.82, 2.24) is 0 Å². The zero-order chi connectivity index (χ0) is 48.4. The molecule has 3 atom stereocenters. The van der Waals surface area contributed by atoms with Gasteiger partial charge in [-0.1, -0.05) is 204 Å². The van der Waals surface area contributed by atoms with Crippen molar-refractivity contribution in [2.75, 3.05) is 26.4 Å². The summed E-state index contributed by atoms with van der Waals surface area (Å²) in [6.07, 6.45) is 50.7. The Labute approximate surface area is 402 Å². The van der Waals surface area contributed by atoms with E-state index in [1.54, 1.807) is 0 Å². The maximum Gasteiger partial charge on any atom is 0.472 e. The second-order valence-corrected chi connectivity index (χ2v) is 18.8. The SMILES string of the molecule is CC/C=C\C/C=C\C/C=C\C/C=C\CCC(=O)OCC(COP(=O)(O)OCC(CO)OC(=O)CCCCCCC/C=C\CCCC)OC(=O)CCCCCCCCCCCCCCCCC. The van der Waals surface area contributed by atoms with Gasteiger partial charge in [-0.2, -0.15) is 0 Å². The van der Waals surface area contributed by atoms with Gasteiger partial charge in [-0.25, -0.2) is 4.57 Å². The summed E-state index contributed by atoms with van der Waals surface area (Å²) < 4.78 is 39.2. The molecule has 0 radical (unpaired) electrons. The molecule has 3 unspecified atom stereocenters. The third kappa shape index (κ3) is 46.3. The number of hydrogen-bond donors (Lipinski definition) is 2. The second-order valence-electron chi connectivity index (χ2n) is 17.3. The van der Waals surface area contributed by atoms with Crippen LogP contribution in [0.4, 0.5) is 0 Å². The minimum atomic E-state index is -4.75. The molecule has 0 aromatic heterocycles. The van der Waals surface area contributed by atoms with Crippen LogP contribution in [0.15, 0.2) is 60.8 Å². The van der Waals surface area contributed by atoms with Crippen molar-refractivity contribution in [2.45, 2.75) is 238 Å². The number of hydrogen-bond acceptors (Lipinski definition) is 10. The van der Waals surface area contributed by atoms with Crippen molar-refractivity contribution in [1.29, 1.82) is 0 Å². The second kappa shape index (κ2) is 48.6. The van der Waals surface area contributed by atoms with E-state index in [1.807, 2.05) is 12.2 Å². The van der Waals surface area contributed by atoms with E-state index in [2.05, 4.69) is 69.4 Å². The van der Waals surface area contributed by atoms with E-state index in [1.165, 1.54) is 83.5 Å². The Bertz CT molecular complexity index is 1340. The van der Waals surface area contributed by atoms with Gasteiger partial charge in [0.25, 0.3) is 0 Å². The van der Waals surface area contributed by atoms with Crippen molar-refractivity contribution in [3.05, 3.63) is 60.8 Å². The number of carbonyl (C=O) groups excluding carboxylic acids is 3. The first-order valence-electron chi connectivity index (χ1n) is 26.2. The quantitative estimate of drug-likeness (QED) is 0.0197. The number of aliphatic hydroxyl groups is 1. The lowest BCUT2D eigenvalue weighted by Crippen LogP contribution is -2.30. The number of carbonyl (C=O) groups is 3. The van der Waals surface area contributed by atoms with Gasteiger partial charge in [0.1, 0.15) is 12.7 Å². The van der Waals surface area contributed by atoms with Crippen LogP contribution in [0, 0.1) is 0 Å². The number of unbranched alkanes of at least 4 members (excludes halogenated alkanes) is 21. The highest BCUT2D eigenvalue weighted by molar-refractivity contribution is 7.47. The first kappa shape index (κ1) is 63.2. The lowest BCUT2D eigenvalue weighted by molar-refractivity contribution is -0.161. The number of aliphatic hydroxyl groups excluding tert-OH is 1. The highest BCUT2D eigenvalue weighted by Crippen LogP contribution is 2.43. The van der Waals surface area contributed by atoms with Crippen LogP contribution in [-0.4, -0.2) is 66.5 Å². The van der Waals surface area contributed by atoms with Gasteiger partial charge in [0.05, 0.1) is 19.8 Å². The molecular weight excluding hydrogens is 856 g/mol. The summed E-state index contributed by atoms with van der Waals surface area (Å²) >= 11 is 0. The highest BCUT2D eigenvalue weighted by atomic mass is 31.2. The summed E-state index contributed by atoms with van der Waals surface area (Å²) in [5, 5.41) is 9.76. The van der Waals surface area contributed by atoms with Crippen LogP contribution < -0.4 is 0 Å². The zero-order valence-electron chi connectivity index (χ0n) is 41.9. The number of phosphoric ester groups is 1. The van der Waals surface area contributed by atoms with Crippen LogP contribution in [0.2, 0.25) is 0 Å². The van der Waals surface area contributed by atoms with Crippen LogP contribution >= 0.6 is 7.82 Å². The van der Waals surface area contributed by atoms with E-state index in [0.29, 0.717) is 19.3 Å². The third-order valence-electron chi connectivity index (χ3n) is 10.9. The van der Waals surface area contributed by atoms with E-state index < -0.39 is 57.8 Å². The first-order valence-corrected chi connectivity index (χ1v) is 27.7. The zero-order valence-corrected chi connectivity index (χ0v) is 42.8. The van der Waals surface area contributed by atoms with Gasteiger partial charge in [-0.3, -0.25) is 23.4 Å². The topological polar surface area (TPSA) is 155 Å². The molecule has 0 saturated carbocycles. The fourth-order valence-corrected chi connectivity index (χ4v) is 7.72. The summed E-state index contributed by atoms with van der Waals surface area (Å²) in [5.41, 5.74) is 0. The summed E-state index contributed by atoms with van der Waals surface area (Å²) in [7, 11) is -4.75. The predicted octanol–water partition coefficient (Wildman–Crippen LogP) is 14.8. The van der Waals surface area contributed by atoms with Gasteiger partial charge < -0.3 is 24.2 Å². The van der Waals surface area contributed by atoms with Gasteiger partial charge in [0.2, 0.25) is 0 Å². The molecule has 0 heterocycles. The minimum Gasteiger partial charge on any atom is -0.462 e. The lowest BCUT2D eigenvalue weighted by Gasteiger charge is -2.21. The van der Waals surface area contributed by atoms with Crippen molar-refractivity contribution in [3.8, 4) is 0 Å². The van der Waals surface area contributed by atoms with Crippen LogP contribution in [0.25, 0.3) is 0 Å². The molecule has 2 N–H and O–H groups in total. The maximum atomic E-state index is 12.8. The molecule has 0 amide bonds. The Morgan fingerprint density at radius 3 is 1.32 bits per heavy atom. The number of rotatable bonds is 48. The molecule has 0 bridgehead atoms. The van der Waals surface area contributed by atoms with Crippen LogP contribution in [-0.2, 0) is 42.2 Å². The molecule has 382 valence electrons. The average Bonchev–Trinajstić information content (AvgIpc) is 3.30. The molecule has 0 spiro atoms. The fraction of sp³-hybridized carbons (Fsp3) is 0.759.